The van der Waals surface area contributed by atoms with Crippen LogP contribution in [0.5, 0.6) is 0 Å². The number of sulfonamides is 1. The molecule has 0 radical (unpaired) electrons. The van der Waals surface area contributed by atoms with Gasteiger partial charge in [0, 0.05) is 50.9 Å². The van der Waals surface area contributed by atoms with Gasteiger partial charge in [-0.05, 0) is 49.6 Å². The average molecular weight is 468 g/mol. The lowest BCUT2D eigenvalue weighted by Gasteiger charge is -2.34. The highest BCUT2D eigenvalue weighted by atomic mass is 32.2. The Morgan fingerprint density at radius 3 is 2.30 bits per heavy atom. The van der Waals surface area contributed by atoms with Gasteiger partial charge in [0.15, 0.2) is 0 Å². The van der Waals surface area contributed by atoms with E-state index in [1.54, 1.807) is 28.6 Å². The summed E-state index contributed by atoms with van der Waals surface area (Å²) in [6.45, 7) is 6.38. The van der Waals surface area contributed by atoms with Gasteiger partial charge in [-0.3, -0.25) is 9.69 Å². The number of benzene rings is 2. The first kappa shape index (κ1) is 23.7. The van der Waals surface area contributed by atoms with Crippen LogP contribution in [0.15, 0.2) is 65.6 Å². The summed E-state index contributed by atoms with van der Waals surface area (Å²) in [5, 5.41) is 0. The molecule has 1 amide bonds. The molecule has 2 saturated heterocycles. The molecule has 7 heteroatoms. The van der Waals surface area contributed by atoms with Crippen molar-refractivity contribution in [2.24, 2.45) is 0 Å². The lowest BCUT2D eigenvalue weighted by Crippen LogP contribution is -2.48. The predicted molar refractivity (Wildman–Crippen MR) is 131 cm³/mol. The van der Waals surface area contributed by atoms with Crippen molar-refractivity contribution in [3.05, 3.63) is 71.8 Å². The van der Waals surface area contributed by atoms with Crippen LogP contribution in [-0.2, 0) is 10.0 Å². The molecule has 2 heterocycles. The van der Waals surface area contributed by atoms with Crippen molar-refractivity contribution in [1.82, 2.24) is 14.1 Å². The van der Waals surface area contributed by atoms with Crippen LogP contribution < -0.4 is 0 Å². The molecular weight excluding hydrogens is 434 g/mol. The van der Waals surface area contributed by atoms with Crippen molar-refractivity contribution in [3.63, 3.8) is 0 Å². The fourth-order valence-corrected chi connectivity index (χ4v) is 6.25. The molecule has 4 rings (SSSR count). The third-order valence-corrected chi connectivity index (χ3v) is 8.61. The molecule has 2 aromatic rings. The third kappa shape index (κ3) is 5.72. The fourth-order valence-electron chi connectivity index (χ4n) is 4.55. The first-order valence-corrected chi connectivity index (χ1v) is 13.2. The van der Waals surface area contributed by atoms with Gasteiger partial charge in [0.1, 0.15) is 0 Å². The number of hydrogen-bond acceptors (Lipinski definition) is 4. The zero-order valence-corrected chi connectivity index (χ0v) is 20.1. The topological polar surface area (TPSA) is 60.9 Å². The number of nitrogens with zero attached hydrogens (tertiary/aromatic N) is 3. The van der Waals surface area contributed by atoms with E-state index in [0.717, 1.165) is 38.9 Å². The molecule has 176 valence electrons. The van der Waals surface area contributed by atoms with E-state index in [-0.39, 0.29) is 16.8 Å². The summed E-state index contributed by atoms with van der Waals surface area (Å²) in [5.74, 6) is -0.0373. The molecule has 6 nitrogen and oxygen atoms in total. The Kier molecular flexibility index (Phi) is 7.63. The second kappa shape index (κ2) is 10.6. The van der Waals surface area contributed by atoms with Gasteiger partial charge in [0.05, 0.1) is 4.90 Å². The Hall–Kier alpha value is -2.48. The molecule has 0 aliphatic carbocycles. The van der Waals surface area contributed by atoms with Gasteiger partial charge in [0.25, 0.3) is 5.91 Å². The molecular formula is C26H33N3O3S. The summed E-state index contributed by atoms with van der Waals surface area (Å²) in [6.07, 6.45) is 7.14. The van der Waals surface area contributed by atoms with Crippen molar-refractivity contribution >= 4 is 22.0 Å². The van der Waals surface area contributed by atoms with Gasteiger partial charge >= 0.3 is 0 Å². The zero-order valence-electron chi connectivity index (χ0n) is 19.3. The molecule has 2 aliphatic heterocycles. The van der Waals surface area contributed by atoms with Crippen molar-refractivity contribution < 1.29 is 13.2 Å². The number of piperazine rings is 1. The number of carbonyl (C=O) groups excluding carboxylic acids is 1. The van der Waals surface area contributed by atoms with Crippen LogP contribution in [0.3, 0.4) is 0 Å². The Labute approximate surface area is 197 Å². The van der Waals surface area contributed by atoms with E-state index < -0.39 is 10.0 Å². The van der Waals surface area contributed by atoms with Gasteiger partial charge in [-0.15, -0.1) is 0 Å². The average Bonchev–Trinajstić information content (AvgIpc) is 2.85. The molecule has 1 unspecified atom stereocenters. The second-order valence-electron chi connectivity index (χ2n) is 8.89. The summed E-state index contributed by atoms with van der Waals surface area (Å²) < 4.78 is 27.6. The highest BCUT2D eigenvalue weighted by molar-refractivity contribution is 7.89. The van der Waals surface area contributed by atoms with Crippen LogP contribution in [-0.4, -0.2) is 73.7 Å². The maximum Gasteiger partial charge on any atom is 0.253 e. The number of rotatable bonds is 6. The standard InChI is InChI=1S/C26H33N3O3S/c1-22-8-5-6-17-29(22)33(31,32)25-14-12-24(13-15-25)26(30)28-20-18-27(19-21-28)16-7-11-23-9-3-2-4-10-23/h2-4,7,9-15,22H,5-6,8,16-21H2,1H3/b11-7+. The van der Waals surface area contributed by atoms with E-state index in [0.29, 0.717) is 25.2 Å². The summed E-state index contributed by atoms with van der Waals surface area (Å²) in [7, 11) is -3.52. The SMILES string of the molecule is CC1CCCCN1S(=O)(=O)c1ccc(C(=O)N2CCN(C/C=C/c3ccccc3)CC2)cc1. The van der Waals surface area contributed by atoms with Crippen molar-refractivity contribution in [2.45, 2.75) is 37.1 Å². The van der Waals surface area contributed by atoms with Crippen LogP contribution >= 0.6 is 0 Å². The Morgan fingerprint density at radius 1 is 0.939 bits per heavy atom. The maximum absolute atomic E-state index is 13.0. The highest BCUT2D eigenvalue weighted by Gasteiger charge is 2.31. The van der Waals surface area contributed by atoms with Crippen LogP contribution in [0.4, 0.5) is 0 Å². The number of piperidine rings is 1. The molecule has 0 bridgehead atoms. The molecule has 2 aliphatic rings. The maximum atomic E-state index is 13.0. The largest absolute Gasteiger partial charge is 0.336 e. The number of hydrogen-bond donors (Lipinski definition) is 0. The van der Waals surface area contributed by atoms with Gasteiger partial charge in [-0.25, -0.2) is 8.42 Å². The zero-order chi connectivity index (χ0) is 23.3. The quantitative estimate of drug-likeness (QED) is 0.650. The lowest BCUT2D eigenvalue weighted by molar-refractivity contribution is 0.0650. The van der Waals surface area contributed by atoms with E-state index in [4.69, 9.17) is 0 Å². The Balaban J connectivity index is 1.31. The minimum atomic E-state index is -3.52. The summed E-state index contributed by atoms with van der Waals surface area (Å²) in [5.41, 5.74) is 1.73. The lowest BCUT2D eigenvalue weighted by atomic mass is 10.1. The monoisotopic (exact) mass is 467 g/mol. The first-order chi connectivity index (χ1) is 15.9. The van der Waals surface area contributed by atoms with Gasteiger partial charge in [-0.2, -0.15) is 4.31 Å². The molecule has 0 spiro atoms. The molecule has 2 aromatic carbocycles. The van der Waals surface area contributed by atoms with Crippen molar-refractivity contribution in [2.75, 3.05) is 39.3 Å². The molecule has 2 fully saturated rings. The van der Waals surface area contributed by atoms with E-state index in [2.05, 4.69) is 29.2 Å². The number of carbonyl (C=O) groups is 1. The van der Waals surface area contributed by atoms with Crippen LogP contribution in [0.2, 0.25) is 0 Å². The summed E-state index contributed by atoms with van der Waals surface area (Å²) in [4.78, 5) is 17.4. The van der Waals surface area contributed by atoms with Crippen LogP contribution in [0.1, 0.15) is 42.1 Å². The van der Waals surface area contributed by atoms with Gasteiger partial charge in [-0.1, -0.05) is 48.9 Å². The normalized spacial score (nSPS) is 20.9. The van der Waals surface area contributed by atoms with Crippen molar-refractivity contribution in [1.29, 1.82) is 0 Å². The van der Waals surface area contributed by atoms with Crippen LogP contribution in [0, 0.1) is 0 Å². The minimum Gasteiger partial charge on any atom is -0.336 e. The highest BCUT2D eigenvalue weighted by Crippen LogP contribution is 2.25. The van der Waals surface area contributed by atoms with E-state index >= 15 is 0 Å². The van der Waals surface area contributed by atoms with Gasteiger partial charge < -0.3 is 4.90 Å². The Bertz CT molecular complexity index is 1060. The Morgan fingerprint density at radius 2 is 1.64 bits per heavy atom. The minimum absolute atomic E-state index is 0.0175. The van der Waals surface area contributed by atoms with E-state index in [1.807, 2.05) is 30.0 Å². The summed E-state index contributed by atoms with van der Waals surface area (Å²) >= 11 is 0. The smallest absolute Gasteiger partial charge is 0.253 e. The third-order valence-electron chi connectivity index (χ3n) is 6.58. The predicted octanol–water partition coefficient (Wildman–Crippen LogP) is 3.72. The molecule has 0 N–H and O–H groups in total. The van der Waals surface area contributed by atoms with Crippen LogP contribution in [0.25, 0.3) is 6.08 Å². The molecule has 0 aromatic heterocycles. The summed E-state index contributed by atoms with van der Waals surface area (Å²) in [6, 6.07) is 16.7. The molecule has 33 heavy (non-hydrogen) atoms. The second-order valence-corrected chi connectivity index (χ2v) is 10.8. The fraction of sp³-hybridized carbons (Fsp3) is 0.423. The van der Waals surface area contributed by atoms with Crippen molar-refractivity contribution in [3.8, 4) is 0 Å². The first-order valence-electron chi connectivity index (χ1n) is 11.8. The molecule has 1 atom stereocenters. The number of amides is 1. The van der Waals surface area contributed by atoms with E-state index in [9.17, 15) is 13.2 Å². The van der Waals surface area contributed by atoms with E-state index in [1.165, 1.54) is 5.56 Å². The van der Waals surface area contributed by atoms with Gasteiger partial charge in [0.2, 0.25) is 10.0 Å². The molecule has 0 saturated carbocycles.